The number of piperidine rings is 1. The van der Waals surface area contributed by atoms with Crippen molar-refractivity contribution in [2.75, 3.05) is 18.4 Å². The van der Waals surface area contributed by atoms with Gasteiger partial charge in [-0.25, -0.2) is 4.39 Å². The lowest BCUT2D eigenvalue weighted by Gasteiger charge is -2.34. The summed E-state index contributed by atoms with van der Waals surface area (Å²) in [5.74, 6) is 0.0283. The Morgan fingerprint density at radius 3 is 2.78 bits per heavy atom. The Labute approximate surface area is 137 Å². The van der Waals surface area contributed by atoms with Crippen LogP contribution in [0.25, 0.3) is 0 Å². The molecular weight excluding hydrogens is 291 g/mol. The van der Waals surface area contributed by atoms with Gasteiger partial charge in [-0.2, -0.15) is 0 Å². The summed E-state index contributed by atoms with van der Waals surface area (Å²) in [6.45, 7) is 1.59. The molecule has 3 nitrogen and oxygen atoms in total. The van der Waals surface area contributed by atoms with E-state index in [9.17, 15) is 9.18 Å². The highest BCUT2D eigenvalue weighted by molar-refractivity contribution is 5.79. The Morgan fingerprint density at radius 2 is 2.04 bits per heavy atom. The molecule has 0 radical (unpaired) electrons. The monoisotopic (exact) mass is 316 g/mol. The zero-order valence-corrected chi connectivity index (χ0v) is 13.6. The second-order valence-corrected chi connectivity index (χ2v) is 6.62. The fourth-order valence-corrected chi connectivity index (χ4v) is 3.47. The molecule has 4 heteroatoms. The molecule has 1 aromatic rings. The van der Waals surface area contributed by atoms with Crippen molar-refractivity contribution in [1.29, 1.82) is 0 Å². The molecule has 0 spiro atoms. The molecular formula is C19H25FN2O. The quantitative estimate of drug-likeness (QED) is 0.848. The molecule has 2 aliphatic rings. The van der Waals surface area contributed by atoms with Gasteiger partial charge in [0.05, 0.1) is 0 Å². The maximum absolute atomic E-state index is 13.0. The number of benzene rings is 1. The van der Waals surface area contributed by atoms with E-state index in [1.54, 1.807) is 12.1 Å². The third kappa shape index (κ3) is 4.57. The number of anilines is 1. The topological polar surface area (TPSA) is 32.3 Å². The van der Waals surface area contributed by atoms with E-state index < -0.39 is 0 Å². The first-order valence-electron chi connectivity index (χ1n) is 8.68. The number of hydrogen-bond donors (Lipinski definition) is 1. The van der Waals surface area contributed by atoms with Gasteiger partial charge in [-0.05, 0) is 62.8 Å². The summed E-state index contributed by atoms with van der Waals surface area (Å²) < 4.78 is 13.0. The minimum atomic E-state index is -0.225. The highest BCUT2D eigenvalue weighted by atomic mass is 19.1. The number of carbonyl (C=O) groups is 1. The lowest BCUT2D eigenvalue weighted by atomic mass is 9.96. The van der Waals surface area contributed by atoms with Crippen LogP contribution in [0.15, 0.2) is 35.9 Å². The van der Waals surface area contributed by atoms with Gasteiger partial charge in [-0.1, -0.05) is 11.6 Å². The van der Waals surface area contributed by atoms with Gasteiger partial charge in [0.15, 0.2) is 0 Å². The number of likely N-dealkylation sites (tertiary alicyclic amines) is 1. The maximum Gasteiger partial charge on any atom is 0.226 e. The summed E-state index contributed by atoms with van der Waals surface area (Å²) in [7, 11) is 0. The summed E-state index contributed by atoms with van der Waals surface area (Å²) in [6.07, 6.45) is 9.57. The third-order valence-electron chi connectivity index (χ3n) is 4.75. The summed E-state index contributed by atoms with van der Waals surface area (Å²) in [5.41, 5.74) is 2.23. The third-order valence-corrected chi connectivity index (χ3v) is 4.75. The fraction of sp³-hybridized carbons (Fsp3) is 0.526. The molecule has 1 amide bonds. The largest absolute Gasteiger partial charge is 0.381 e. The number of allylic oxidation sites excluding steroid dienone is 1. The van der Waals surface area contributed by atoms with Gasteiger partial charge in [0.25, 0.3) is 0 Å². The minimum absolute atomic E-state index is 0.225. The standard InChI is InChI=1S/C19H25FN2O/c20-16-8-10-17(11-9-16)21-18-7-4-12-22(14-18)19(23)13-15-5-2-1-3-6-15/h5,8-11,18,21H,1-4,6-7,12-14H2. The van der Waals surface area contributed by atoms with Gasteiger partial charge >= 0.3 is 0 Å². The Morgan fingerprint density at radius 1 is 1.22 bits per heavy atom. The van der Waals surface area contributed by atoms with E-state index in [-0.39, 0.29) is 17.8 Å². The molecule has 0 saturated carbocycles. The summed E-state index contributed by atoms with van der Waals surface area (Å²) in [5, 5.41) is 3.42. The van der Waals surface area contributed by atoms with Crippen molar-refractivity contribution in [3.8, 4) is 0 Å². The fourth-order valence-electron chi connectivity index (χ4n) is 3.47. The van der Waals surface area contributed by atoms with E-state index >= 15 is 0 Å². The van der Waals surface area contributed by atoms with Gasteiger partial charge in [0.2, 0.25) is 5.91 Å². The van der Waals surface area contributed by atoms with Crippen LogP contribution in [-0.4, -0.2) is 29.9 Å². The average molecular weight is 316 g/mol. The van der Waals surface area contributed by atoms with Crippen LogP contribution in [0.5, 0.6) is 0 Å². The molecule has 0 bridgehead atoms. The minimum Gasteiger partial charge on any atom is -0.381 e. The van der Waals surface area contributed by atoms with E-state index in [1.165, 1.54) is 30.5 Å². The number of carbonyl (C=O) groups excluding carboxylic acids is 1. The van der Waals surface area contributed by atoms with Crippen molar-refractivity contribution in [3.63, 3.8) is 0 Å². The smallest absolute Gasteiger partial charge is 0.226 e. The predicted octanol–water partition coefficient (Wildman–Crippen LogP) is 4.12. The molecule has 124 valence electrons. The molecule has 1 aromatic carbocycles. The predicted molar refractivity (Wildman–Crippen MR) is 90.8 cm³/mol. The van der Waals surface area contributed by atoms with Crippen LogP contribution >= 0.6 is 0 Å². The van der Waals surface area contributed by atoms with Gasteiger partial charge in [0.1, 0.15) is 5.82 Å². The van der Waals surface area contributed by atoms with Crippen molar-refractivity contribution in [1.82, 2.24) is 4.90 Å². The SMILES string of the molecule is O=C(CC1=CCCCC1)N1CCCC(Nc2ccc(F)cc2)C1. The van der Waals surface area contributed by atoms with E-state index in [0.29, 0.717) is 6.42 Å². The Kier molecular flexibility index (Phi) is 5.31. The summed E-state index contributed by atoms with van der Waals surface area (Å²) in [4.78, 5) is 14.5. The number of nitrogens with zero attached hydrogens (tertiary/aromatic N) is 1. The molecule has 1 aliphatic carbocycles. The number of rotatable bonds is 4. The van der Waals surface area contributed by atoms with Gasteiger partial charge < -0.3 is 10.2 Å². The van der Waals surface area contributed by atoms with Crippen LogP contribution in [0.2, 0.25) is 0 Å². The van der Waals surface area contributed by atoms with Crippen LogP contribution in [-0.2, 0) is 4.79 Å². The molecule has 1 heterocycles. The van der Waals surface area contributed by atoms with E-state index in [0.717, 1.165) is 44.5 Å². The molecule has 1 fully saturated rings. The van der Waals surface area contributed by atoms with Gasteiger partial charge in [-0.3, -0.25) is 4.79 Å². The molecule has 3 rings (SSSR count). The van der Waals surface area contributed by atoms with Crippen molar-refractivity contribution >= 4 is 11.6 Å². The van der Waals surface area contributed by atoms with E-state index in [2.05, 4.69) is 11.4 Å². The first kappa shape index (κ1) is 16.0. The Balaban J connectivity index is 1.53. The highest BCUT2D eigenvalue weighted by Gasteiger charge is 2.24. The van der Waals surface area contributed by atoms with Crippen molar-refractivity contribution < 1.29 is 9.18 Å². The number of halogens is 1. The zero-order chi connectivity index (χ0) is 16.1. The van der Waals surface area contributed by atoms with Gasteiger partial charge in [-0.15, -0.1) is 0 Å². The van der Waals surface area contributed by atoms with Crippen molar-refractivity contribution in [2.24, 2.45) is 0 Å². The summed E-state index contributed by atoms with van der Waals surface area (Å²) >= 11 is 0. The highest BCUT2D eigenvalue weighted by Crippen LogP contribution is 2.22. The lowest BCUT2D eigenvalue weighted by molar-refractivity contribution is -0.131. The molecule has 1 N–H and O–H groups in total. The molecule has 1 unspecified atom stereocenters. The van der Waals surface area contributed by atoms with Crippen LogP contribution in [0.3, 0.4) is 0 Å². The zero-order valence-electron chi connectivity index (χ0n) is 13.6. The number of hydrogen-bond acceptors (Lipinski definition) is 2. The van der Waals surface area contributed by atoms with Crippen LogP contribution in [0, 0.1) is 5.82 Å². The second-order valence-electron chi connectivity index (χ2n) is 6.62. The number of amides is 1. The second kappa shape index (κ2) is 7.62. The molecule has 1 aliphatic heterocycles. The van der Waals surface area contributed by atoms with Gasteiger partial charge in [0, 0.05) is 31.2 Å². The first-order chi connectivity index (χ1) is 11.2. The Bertz CT molecular complexity index is 567. The molecule has 1 atom stereocenters. The number of nitrogens with one attached hydrogen (secondary N) is 1. The van der Waals surface area contributed by atoms with E-state index in [4.69, 9.17) is 0 Å². The Hall–Kier alpha value is -1.84. The van der Waals surface area contributed by atoms with Crippen molar-refractivity contribution in [3.05, 3.63) is 41.7 Å². The van der Waals surface area contributed by atoms with Crippen LogP contribution in [0.4, 0.5) is 10.1 Å². The lowest BCUT2D eigenvalue weighted by Crippen LogP contribution is -2.45. The molecule has 1 saturated heterocycles. The maximum atomic E-state index is 13.0. The van der Waals surface area contributed by atoms with E-state index in [1.807, 2.05) is 4.90 Å². The van der Waals surface area contributed by atoms with Crippen molar-refractivity contribution in [2.45, 2.75) is 51.0 Å². The molecule has 0 aromatic heterocycles. The molecule has 23 heavy (non-hydrogen) atoms. The van der Waals surface area contributed by atoms with Crippen LogP contribution in [0.1, 0.15) is 44.9 Å². The average Bonchev–Trinajstić information content (AvgIpc) is 2.58. The normalized spacial score (nSPS) is 21.7. The van der Waals surface area contributed by atoms with Crippen LogP contribution < -0.4 is 5.32 Å². The summed E-state index contributed by atoms with van der Waals surface area (Å²) in [6, 6.07) is 6.68. The first-order valence-corrected chi connectivity index (χ1v) is 8.68.